The van der Waals surface area contributed by atoms with Gasteiger partial charge in [0.2, 0.25) is 5.95 Å². The molecular weight excluding hydrogens is 377 g/mol. The predicted octanol–water partition coefficient (Wildman–Crippen LogP) is 6.49. The molecule has 0 saturated carbocycles. The first kappa shape index (κ1) is 20.6. The zero-order chi connectivity index (χ0) is 21.0. The molecule has 0 saturated heterocycles. The van der Waals surface area contributed by atoms with Crippen LogP contribution in [0.2, 0.25) is 0 Å². The molecule has 0 amide bonds. The lowest BCUT2D eigenvalue weighted by Gasteiger charge is -2.15. The van der Waals surface area contributed by atoms with E-state index in [9.17, 15) is 13.2 Å². The van der Waals surface area contributed by atoms with Crippen molar-refractivity contribution in [3.8, 4) is 0 Å². The van der Waals surface area contributed by atoms with Gasteiger partial charge in [-0.15, -0.1) is 0 Å². The summed E-state index contributed by atoms with van der Waals surface area (Å²) in [6.45, 7) is 6.16. The highest BCUT2D eigenvalue weighted by molar-refractivity contribution is 5.63. The van der Waals surface area contributed by atoms with E-state index in [1.807, 2.05) is 37.3 Å². The molecule has 29 heavy (non-hydrogen) atoms. The monoisotopic (exact) mass is 400 g/mol. The Morgan fingerprint density at radius 2 is 1.69 bits per heavy atom. The van der Waals surface area contributed by atoms with E-state index in [1.54, 1.807) is 18.2 Å². The van der Waals surface area contributed by atoms with E-state index < -0.39 is 11.7 Å². The van der Waals surface area contributed by atoms with Crippen molar-refractivity contribution in [3.63, 3.8) is 0 Å². The summed E-state index contributed by atoms with van der Waals surface area (Å²) in [5, 5.41) is 5.74. The fourth-order valence-electron chi connectivity index (χ4n) is 2.93. The Balaban J connectivity index is 1.88. The highest BCUT2D eigenvalue weighted by atomic mass is 19.4. The van der Waals surface area contributed by atoms with Crippen LogP contribution in [0.1, 0.15) is 30.5 Å². The first-order chi connectivity index (χ1) is 13.7. The van der Waals surface area contributed by atoms with Crippen LogP contribution >= 0.6 is 0 Å². The van der Waals surface area contributed by atoms with Crippen LogP contribution in [0.5, 0.6) is 0 Å². The Morgan fingerprint density at radius 3 is 2.31 bits per heavy atom. The third-order valence-corrected chi connectivity index (χ3v) is 4.23. The van der Waals surface area contributed by atoms with Crippen LogP contribution < -0.4 is 10.6 Å². The molecule has 0 fully saturated rings. The van der Waals surface area contributed by atoms with Gasteiger partial charge in [-0.2, -0.15) is 18.2 Å². The number of benzene rings is 2. The Bertz CT molecular complexity index is 967. The van der Waals surface area contributed by atoms with Crippen molar-refractivity contribution < 1.29 is 13.2 Å². The molecule has 7 heteroatoms. The highest BCUT2D eigenvalue weighted by Crippen LogP contribution is 2.35. The van der Waals surface area contributed by atoms with Gasteiger partial charge in [-0.3, -0.25) is 0 Å². The number of nitrogens with zero attached hydrogens (tertiary/aromatic N) is 2. The molecule has 0 aliphatic heterocycles. The van der Waals surface area contributed by atoms with Crippen molar-refractivity contribution in [2.24, 2.45) is 5.92 Å². The molecule has 0 unspecified atom stereocenters. The van der Waals surface area contributed by atoms with E-state index in [2.05, 4.69) is 34.4 Å². The number of nitrogens with one attached hydrogen (secondary N) is 2. The third-order valence-electron chi connectivity index (χ3n) is 4.23. The summed E-state index contributed by atoms with van der Waals surface area (Å²) in [5.41, 5.74) is 2.46. The highest BCUT2D eigenvalue weighted by Gasteiger charge is 2.35. The van der Waals surface area contributed by atoms with Crippen molar-refractivity contribution >= 4 is 23.1 Å². The molecular formula is C22H23F3N4. The lowest BCUT2D eigenvalue weighted by molar-refractivity contribution is -0.137. The predicted molar refractivity (Wildman–Crippen MR) is 110 cm³/mol. The van der Waals surface area contributed by atoms with Gasteiger partial charge in [0, 0.05) is 17.6 Å². The van der Waals surface area contributed by atoms with Gasteiger partial charge in [0.25, 0.3) is 0 Å². The molecule has 0 spiro atoms. The summed E-state index contributed by atoms with van der Waals surface area (Å²) in [6.07, 6.45) is -2.87. The molecule has 0 aliphatic rings. The Labute approximate surface area is 168 Å². The Kier molecular flexibility index (Phi) is 6.06. The number of rotatable bonds is 6. The van der Waals surface area contributed by atoms with E-state index in [0.29, 0.717) is 17.3 Å². The SMILES string of the molecule is Cc1cccc(Nc2ncc(C(F)(F)F)c(Nc3ccc(CC(C)C)cc3)n2)c1. The molecule has 4 nitrogen and oxygen atoms in total. The van der Waals surface area contributed by atoms with E-state index in [-0.39, 0.29) is 11.8 Å². The van der Waals surface area contributed by atoms with Gasteiger partial charge in [0.1, 0.15) is 11.4 Å². The summed E-state index contributed by atoms with van der Waals surface area (Å²) >= 11 is 0. The first-order valence-electron chi connectivity index (χ1n) is 9.34. The second-order valence-corrected chi connectivity index (χ2v) is 7.37. The van der Waals surface area contributed by atoms with Crippen molar-refractivity contribution in [3.05, 3.63) is 71.4 Å². The van der Waals surface area contributed by atoms with E-state index in [0.717, 1.165) is 23.7 Å². The maximum atomic E-state index is 13.4. The van der Waals surface area contributed by atoms with Crippen molar-refractivity contribution in [1.29, 1.82) is 0 Å². The van der Waals surface area contributed by atoms with Gasteiger partial charge < -0.3 is 10.6 Å². The van der Waals surface area contributed by atoms with Crippen LogP contribution in [0, 0.1) is 12.8 Å². The number of hydrogen-bond donors (Lipinski definition) is 2. The maximum Gasteiger partial charge on any atom is 0.421 e. The minimum Gasteiger partial charge on any atom is -0.340 e. The van der Waals surface area contributed by atoms with Gasteiger partial charge in [-0.05, 0) is 54.7 Å². The van der Waals surface area contributed by atoms with E-state index in [4.69, 9.17) is 0 Å². The molecule has 1 heterocycles. The van der Waals surface area contributed by atoms with E-state index >= 15 is 0 Å². The zero-order valence-electron chi connectivity index (χ0n) is 16.5. The lowest BCUT2D eigenvalue weighted by atomic mass is 10.0. The lowest BCUT2D eigenvalue weighted by Crippen LogP contribution is -2.12. The summed E-state index contributed by atoms with van der Waals surface area (Å²) in [7, 11) is 0. The van der Waals surface area contributed by atoms with Crippen LogP contribution in [0.4, 0.5) is 36.3 Å². The smallest absolute Gasteiger partial charge is 0.340 e. The largest absolute Gasteiger partial charge is 0.421 e. The summed E-state index contributed by atoms with van der Waals surface area (Å²) in [4.78, 5) is 7.91. The molecule has 0 aliphatic carbocycles. The molecule has 2 N–H and O–H groups in total. The van der Waals surface area contributed by atoms with Gasteiger partial charge in [-0.1, -0.05) is 38.1 Å². The minimum absolute atomic E-state index is 0.0857. The number of halogens is 3. The number of alkyl halides is 3. The quantitative estimate of drug-likeness (QED) is 0.497. The van der Waals surface area contributed by atoms with Crippen LogP contribution in [0.3, 0.4) is 0 Å². The van der Waals surface area contributed by atoms with Gasteiger partial charge >= 0.3 is 6.18 Å². The molecule has 3 rings (SSSR count). The zero-order valence-corrected chi connectivity index (χ0v) is 16.5. The van der Waals surface area contributed by atoms with Crippen molar-refractivity contribution in [2.75, 3.05) is 10.6 Å². The van der Waals surface area contributed by atoms with Crippen LogP contribution in [-0.2, 0) is 12.6 Å². The third kappa shape index (κ3) is 5.70. The van der Waals surface area contributed by atoms with Crippen molar-refractivity contribution in [2.45, 2.75) is 33.4 Å². The topological polar surface area (TPSA) is 49.8 Å². The average Bonchev–Trinajstić information content (AvgIpc) is 2.62. The molecule has 0 radical (unpaired) electrons. The normalized spacial score (nSPS) is 11.6. The first-order valence-corrected chi connectivity index (χ1v) is 9.34. The van der Waals surface area contributed by atoms with Gasteiger partial charge in [-0.25, -0.2) is 4.98 Å². The molecule has 3 aromatic rings. The summed E-state index contributed by atoms with van der Waals surface area (Å²) < 4.78 is 40.3. The maximum absolute atomic E-state index is 13.4. The number of aromatic nitrogens is 2. The van der Waals surface area contributed by atoms with Gasteiger partial charge in [0.15, 0.2) is 0 Å². The second-order valence-electron chi connectivity index (χ2n) is 7.37. The molecule has 0 atom stereocenters. The molecule has 1 aromatic heterocycles. The van der Waals surface area contributed by atoms with E-state index in [1.165, 1.54) is 0 Å². The standard InChI is InChI=1S/C22H23F3N4/c1-14(2)11-16-7-9-17(10-8-16)27-20-19(22(23,24)25)13-26-21(29-20)28-18-6-4-5-15(3)12-18/h4-10,12-14H,11H2,1-3H3,(H2,26,27,28,29). The number of aryl methyl sites for hydroxylation is 1. The summed E-state index contributed by atoms with van der Waals surface area (Å²) in [5.74, 6) is 0.296. The number of anilines is 4. The minimum atomic E-state index is -4.57. The van der Waals surface area contributed by atoms with Crippen LogP contribution in [0.15, 0.2) is 54.7 Å². The molecule has 0 bridgehead atoms. The molecule has 152 valence electrons. The fourth-order valence-corrected chi connectivity index (χ4v) is 2.93. The summed E-state index contributed by atoms with van der Waals surface area (Å²) in [6, 6.07) is 14.8. The van der Waals surface area contributed by atoms with Crippen molar-refractivity contribution in [1.82, 2.24) is 9.97 Å². The van der Waals surface area contributed by atoms with Gasteiger partial charge in [0.05, 0.1) is 0 Å². The fraction of sp³-hybridized carbons (Fsp3) is 0.273. The molecule has 2 aromatic carbocycles. The Hall–Kier alpha value is -3.09. The van der Waals surface area contributed by atoms with Crippen LogP contribution in [0.25, 0.3) is 0 Å². The second kappa shape index (κ2) is 8.51. The number of hydrogen-bond acceptors (Lipinski definition) is 4. The average molecular weight is 400 g/mol. The Morgan fingerprint density at radius 1 is 0.966 bits per heavy atom. The van der Waals surface area contributed by atoms with Crippen LogP contribution in [-0.4, -0.2) is 9.97 Å².